The molecule has 3 aliphatic heterocycles. The van der Waals surface area contributed by atoms with Crippen molar-refractivity contribution in [1.29, 1.82) is 0 Å². The largest absolute Gasteiger partial charge is 0.367 e. The summed E-state index contributed by atoms with van der Waals surface area (Å²) in [5.41, 5.74) is 5.12. The maximum atomic E-state index is 13.0. The van der Waals surface area contributed by atoms with Crippen molar-refractivity contribution in [3.8, 4) is 0 Å². The predicted molar refractivity (Wildman–Crippen MR) is 108 cm³/mol. The summed E-state index contributed by atoms with van der Waals surface area (Å²) in [6.07, 6.45) is 3.35. The van der Waals surface area contributed by atoms with Crippen LogP contribution in [-0.2, 0) is 6.42 Å². The first-order valence-corrected chi connectivity index (χ1v) is 10.4. The number of likely N-dealkylation sites (tertiary alicyclic amines) is 1. The zero-order valence-electron chi connectivity index (χ0n) is 16.0. The molecule has 5 rings (SSSR count). The van der Waals surface area contributed by atoms with E-state index < -0.39 is 0 Å². The van der Waals surface area contributed by atoms with E-state index in [4.69, 9.17) is 0 Å². The maximum Gasteiger partial charge on any atom is 0.251 e. The van der Waals surface area contributed by atoms with E-state index in [9.17, 15) is 9.18 Å². The summed E-state index contributed by atoms with van der Waals surface area (Å²) in [5, 5.41) is 2.95. The molecule has 2 aromatic rings. The number of carbonyl (C=O) groups is 1. The molecule has 146 valence electrons. The number of anilines is 1. The number of nitrogens with one attached hydrogen (secondary N) is 1. The van der Waals surface area contributed by atoms with E-state index in [1.807, 2.05) is 0 Å². The van der Waals surface area contributed by atoms with E-state index >= 15 is 0 Å². The van der Waals surface area contributed by atoms with Crippen LogP contribution in [0, 0.1) is 5.82 Å². The lowest BCUT2D eigenvalue weighted by Crippen LogP contribution is -2.46. The number of carbonyl (C=O) groups excluding carboxylic acids is 1. The number of fused-ring (bicyclic) bond motifs is 3. The number of amides is 1. The molecule has 1 saturated heterocycles. The standard InChI is InChI=1S/C23H26FN3O/c24-18-7-5-17(6-8-18)23(28)25-11-2-12-26-13-10-21-20(15-26)19-4-1-3-16-9-14-27(21)22(16)19/h1,3-8,20-21H,2,9-15H2,(H,25,28)/t20-,21-/m1/s1. The van der Waals surface area contributed by atoms with E-state index in [1.54, 1.807) is 5.56 Å². The summed E-state index contributed by atoms with van der Waals surface area (Å²) < 4.78 is 13.0. The third kappa shape index (κ3) is 3.08. The summed E-state index contributed by atoms with van der Waals surface area (Å²) >= 11 is 0. The van der Waals surface area contributed by atoms with Crippen molar-refractivity contribution in [2.24, 2.45) is 0 Å². The molecule has 5 heteroatoms. The number of nitrogens with zero attached hydrogens (tertiary/aromatic N) is 2. The lowest BCUT2D eigenvalue weighted by atomic mass is 9.88. The third-order valence-electron chi connectivity index (χ3n) is 6.56. The van der Waals surface area contributed by atoms with Gasteiger partial charge in [-0.15, -0.1) is 0 Å². The summed E-state index contributed by atoms with van der Waals surface area (Å²) in [6, 6.07) is 13.2. The fourth-order valence-electron chi connectivity index (χ4n) is 5.24. The summed E-state index contributed by atoms with van der Waals surface area (Å²) in [4.78, 5) is 17.3. The lowest BCUT2D eigenvalue weighted by molar-refractivity contribution is 0.0950. The van der Waals surface area contributed by atoms with Crippen LogP contribution in [0.5, 0.6) is 0 Å². The van der Waals surface area contributed by atoms with Gasteiger partial charge in [-0.25, -0.2) is 4.39 Å². The van der Waals surface area contributed by atoms with Gasteiger partial charge in [-0.05, 0) is 61.2 Å². The van der Waals surface area contributed by atoms with E-state index in [0.29, 0.717) is 24.1 Å². The molecular formula is C23H26FN3O. The minimum atomic E-state index is -0.321. The van der Waals surface area contributed by atoms with Gasteiger partial charge >= 0.3 is 0 Å². The molecule has 1 amide bonds. The highest BCUT2D eigenvalue weighted by molar-refractivity contribution is 5.94. The topological polar surface area (TPSA) is 35.6 Å². The normalized spacial score (nSPS) is 22.8. The molecule has 3 heterocycles. The van der Waals surface area contributed by atoms with Crippen molar-refractivity contribution in [3.63, 3.8) is 0 Å². The first kappa shape index (κ1) is 17.7. The Hall–Kier alpha value is -2.40. The lowest BCUT2D eigenvalue weighted by Gasteiger charge is -2.38. The van der Waals surface area contributed by atoms with Crippen LogP contribution < -0.4 is 10.2 Å². The van der Waals surface area contributed by atoms with Crippen LogP contribution in [-0.4, -0.2) is 49.6 Å². The molecule has 0 saturated carbocycles. The Morgan fingerprint density at radius 3 is 2.86 bits per heavy atom. The number of hydrogen-bond acceptors (Lipinski definition) is 3. The molecule has 3 aliphatic rings. The Balaban J connectivity index is 1.13. The second-order valence-corrected chi connectivity index (χ2v) is 8.18. The molecule has 0 aliphatic carbocycles. The molecule has 28 heavy (non-hydrogen) atoms. The fourth-order valence-corrected chi connectivity index (χ4v) is 5.24. The smallest absolute Gasteiger partial charge is 0.251 e. The van der Waals surface area contributed by atoms with Crippen molar-refractivity contribution in [2.75, 3.05) is 37.6 Å². The van der Waals surface area contributed by atoms with Crippen LogP contribution in [0.4, 0.5) is 10.1 Å². The van der Waals surface area contributed by atoms with Gasteiger partial charge in [0.05, 0.1) is 0 Å². The van der Waals surface area contributed by atoms with Gasteiger partial charge in [-0.3, -0.25) is 4.79 Å². The number of rotatable bonds is 5. The van der Waals surface area contributed by atoms with Crippen molar-refractivity contribution in [3.05, 3.63) is 65.0 Å². The summed E-state index contributed by atoms with van der Waals surface area (Å²) in [5.74, 6) is 0.172. The zero-order valence-corrected chi connectivity index (χ0v) is 16.0. The molecule has 1 fully saturated rings. The van der Waals surface area contributed by atoms with E-state index in [2.05, 4.69) is 33.3 Å². The van der Waals surface area contributed by atoms with E-state index in [0.717, 1.165) is 26.1 Å². The minimum Gasteiger partial charge on any atom is -0.367 e. The zero-order chi connectivity index (χ0) is 19.1. The Kier molecular flexibility index (Phi) is 4.55. The Morgan fingerprint density at radius 2 is 2.00 bits per heavy atom. The molecule has 0 aromatic heterocycles. The average Bonchev–Trinajstić information content (AvgIpc) is 3.29. The highest BCUT2D eigenvalue weighted by Crippen LogP contribution is 2.49. The van der Waals surface area contributed by atoms with Gasteiger partial charge in [-0.2, -0.15) is 0 Å². The summed E-state index contributed by atoms with van der Waals surface area (Å²) in [7, 11) is 0. The Labute approximate surface area is 165 Å². The van der Waals surface area contributed by atoms with Crippen LogP contribution in [0.3, 0.4) is 0 Å². The van der Waals surface area contributed by atoms with Gasteiger partial charge in [0, 0.05) is 49.4 Å². The van der Waals surface area contributed by atoms with Crippen LogP contribution in [0.25, 0.3) is 0 Å². The molecule has 2 aromatic carbocycles. The second kappa shape index (κ2) is 7.21. The van der Waals surface area contributed by atoms with Crippen molar-refractivity contribution < 1.29 is 9.18 Å². The van der Waals surface area contributed by atoms with Gasteiger partial charge in [0.2, 0.25) is 0 Å². The van der Waals surface area contributed by atoms with Crippen LogP contribution >= 0.6 is 0 Å². The molecule has 0 radical (unpaired) electrons. The van der Waals surface area contributed by atoms with E-state index in [-0.39, 0.29) is 11.7 Å². The number of piperidine rings is 1. The van der Waals surface area contributed by atoms with Gasteiger partial charge in [-0.1, -0.05) is 18.2 Å². The Morgan fingerprint density at radius 1 is 1.14 bits per heavy atom. The van der Waals surface area contributed by atoms with Gasteiger partial charge in [0.25, 0.3) is 5.91 Å². The van der Waals surface area contributed by atoms with Gasteiger partial charge in [0.1, 0.15) is 5.82 Å². The van der Waals surface area contributed by atoms with Gasteiger partial charge < -0.3 is 15.1 Å². The van der Waals surface area contributed by atoms with Crippen LogP contribution in [0.15, 0.2) is 42.5 Å². The minimum absolute atomic E-state index is 0.131. The highest BCUT2D eigenvalue weighted by Gasteiger charge is 2.44. The molecule has 0 bridgehead atoms. The molecule has 2 atom stereocenters. The van der Waals surface area contributed by atoms with Crippen molar-refractivity contribution in [1.82, 2.24) is 10.2 Å². The van der Waals surface area contributed by atoms with Crippen LogP contribution in [0.2, 0.25) is 0 Å². The Bertz CT molecular complexity index is 882. The average molecular weight is 379 g/mol. The third-order valence-corrected chi connectivity index (χ3v) is 6.56. The second-order valence-electron chi connectivity index (χ2n) is 8.18. The SMILES string of the molecule is O=C(NCCCN1CC[C@@H]2[C@H](C1)c1cccc3c1N2CC3)c1ccc(F)cc1. The number of hydrogen-bond donors (Lipinski definition) is 1. The van der Waals surface area contributed by atoms with Crippen molar-refractivity contribution >= 4 is 11.6 Å². The monoisotopic (exact) mass is 379 g/mol. The highest BCUT2D eigenvalue weighted by atomic mass is 19.1. The fraction of sp³-hybridized carbons (Fsp3) is 0.435. The maximum absolute atomic E-state index is 13.0. The molecule has 4 nitrogen and oxygen atoms in total. The first-order valence-electron chi connectivity index (χ1n) is 10.4. The van der Waals surface area contributed by atoms with Crippen molar-refractivity contribution in [2.45, 2.75) is 31.2 Å². The predicted octanol–water partition coefficient (Wildman–Crippen LogP) is 3.18. The number of halogens is 1. The number of benzene rings is 2. The number of para-hydroxylation sites is 1. The summed E-state index contributed by atoms with van der Waals surface area (Å²) in [6.45, 7) is 5.08. The quantitative estimate of drug-likeness (QED) is 0.811. The molecule has 0 spiro atoms. The molecule has 0 unspecified atom stereocenters. The molecule has 1 N–H and O–H groups in total. The first-order chi connectivity index (χ1) is 13.7. The van der Waals surface area contributed by atoms with Crippen LogP contribution in [0.1, 0.15) is 40.2 Å². The van der Waals surface area contributed by atoms with E-state index in [1.165, 1.54) is 54.9 Å². The van der Waals surface area contributed by atoms with Gasteiger partial charge in [0.15, 0.2) is 0 Å². The molecular weight excluding hydrogens is 353 g/mol.